The number of hydrogen-bond acceptors (Lipinski definition) is 4. The molecule has 4 nitrogen and oxygen atoms in total. The normalized spacial score (nSPS) is 12.2. The molecule has 0 bridgehead atoms. The SMILES string of the molecule is CCOC(=O)CN(CCOCC(F)(F)F)C(C)C. The van der Waals surface area contributed by atoms with Gasteiger partial charge in [-0.05, 0) is 20.8 Å². The third kappa shape index (κ3) is 9.23. The van der Waals surface area contributed by atoms with E-state index < -0.39 is 12.8 Å². The molecule has 0 aromatic rings. The Morgan fingerprint density at radius 3 is 2.39 bits per heavy atom. The number of halogens is 3. The van der Waals surface area contributed by atoms with E-state index in [0.29, 0.717) is 0 Å². The number of hydrogen-bond donors (Lipinski definition) is 0. The van der Waals surface area contributed by atoms with E-state index in [1.165, 1.54) is 0 Å². The molecule has 0 aromatic carbocycles. The largest absolute Gasteiger partial charge is 0.465 e. The molecule has 0 saturated heterocycles. The summed E-state index contributed by atoms with van der Waals surface area (Å²) in [6.45, 7) is 4.66. The predicted octanol–water partition coefficient (Wildman–Crippen LogP) is 1.84. The highest BCUT2D eigenvalue weighted by Gasteiger charge is 2.27. The van der Waals surface area contributed by atoms with Gasteiger partial charge in [0.25, 0.3) is 0 Å². The zero-order valence-corrected chi connectivity index (χ0v) is 10.9. The van der Waals surface area contributed by atoms with Gasteiger partial charge in [0, 0.05) is 12.6 Å². The van der Waals surface area contributed by atoms with Gasteiger partial charge in [-0.25, -0.2) is 0 Å². The third-order valence-corrected chi connectivity index (χ3v) is 2.16. The van der Waals surface area contributed by atoms with Crippen LogP contribution in [-0.2, 0) is 14.3 Å². The lowest BCUT2D eigenvalue weighted by Gasteiger charge is -2.25. The van der Waals surface area contributed by atoms with Gasteiger partial charge in [-0.3, -0.25) is 9.69 Å². The van der Waals surface area contributed by atoms with Crippen molar-refractivity contribution in [3.8, 4) is 0 Å². The van der Waals surface area contributed by atoms with Crippen LogP contribution in [0.25, 0.3) is 0 Å². The second-order valence-corrected chi connectivity index (χ2v) is 4.04. The number of rotatable bonds is 8. The molecule has 0 fully saturated rings. The Morgan fingerprint density at radius 1 is 1.33 bits per heavy atom. The van der Waals surface area contributed by atoms with Crippen LogP contribution >= 0.6 is 0 Å². The summed E-state index contributed by atoms with van der Waals surface area (Å²) in [6, 6.07) is 0.0314. The average molecular weight is 271 g/mol. The second-order valence-electron chi connectivity index (χ2n) is 4.04. The fraction of sp³-hybridized carbons (Fsp3) is 0.909. The van der Waals surface area contributed by atoms with Gasteiger partial charge in [-0.15, -0.1) is 0 Å². The molecule has 0 aliphatic heterocycles. The van der Waals surface area contributed by atoms with Crippen molar-refractivity contribution in [1.82, 2.24) is 4.90 Å². The molecular formula is C11H20F3NO3. The van der Waals surface area contributed by atoms with E-state index in [9.17, 15) is 18.0 Å². The molecule has 0 radical (unpaired) electrons. The van der Waals surface area contributed by atoms with Crippen LogP contribution in [0, 0.1) is 0 Å². The lowest BCUT2D eigenvalue weighted by molar-refractivity contribution is -0.175. The maximum absolute atomic E-state index is 11.8. The number of alkyl halides is 3. The fourth-order valence-electron chi connectivity index (χ4n) is 1.26. The van der Waals surface area contributed by atoms with E-state index in [2.05, 4.69) is 4.74 Å². The van der Waals surface area contributed by atoms with E-state index in [4.69, 9.17) is 4.74 Å². The number of nitrogens with zero attached hydrogens (tertiary/aromatic N) is 1. The zero-order chi connectivity index (χ0) is 14.2. The van der Waals surface area contributed by atoms with Gasteiger partial charge in [-0.2, -0.15) is 13.2 Å². The van der Waals surface area contributed by atoms with Crippen molar-refractivity contribution < 1.29 is 27.4 Å². The van der Waals surface area contributed by atoms with Crippen LogP contribution in [0.15, 0.2) is 0 Å². The van der Waals surface area contributed by atoms with Crippen LogP contribution in [-0.4, -0.2) is 56.0 Å². The molecule has 0 amide bonds. The lowest BCUT2D eigenvalue weighted by Crippen LogP contribution is -2.39. The first-order valence-electron chi connectivity index (χ1n) is 5.80. The van der Waals surface area contributed by atoms with E-state index >= 15 is 0 Å². The molecule has 0 rings (SSSR count). The van der Waals surface area contributed by atoms with Crippen molar-refractivity contribution in [2.45, 2.75) is 33.0 Å². The highest BCUT2D eigenvalue weighted by atomic mass is 19.4. The van der Waals surface area contributed by atoms with Crippen LogP contribution < -0.4 is 0 Å². The van der Waals surface area contributed by atoms with Crippen molar-refractivity contribution in [3.63, 3.8) is 0 Å². The molecular weight excluding hydrogens is 251 g/mol. The van der Waals surface area contributed by atoms with Crippen molar-refractivity contribution in [1.29, 1.82) is 0 Å². The smallest absolute Gasteiger partial charge is 0.411 e. The molecule has 108 valence electrons. The molecule has 0 unspecified atom stereocenters. The summed E-state index contributed by atoms with van der Waals surface area (Å²) in [5.74, 6) is -0.387. The van der Waals surface area contributed by atoms with Crippen LogP contribution in [0.5, 0.6) is 0 Å². The molecule has 0 aliphatic carbocycles. The maximum Gasteiger partial charge on any atom is 0.411 e. The summed E-state index contributed by atoms with van der Waals surface area (Å²) in [4.78, 5) is 13.0. The predicted molar refractivity (Wildman–Crippen MR) is 60.2 cm³/mol. The van der Waals surface area contributed by atoms with Gasteiger partial charge in [-0.1, -0.05) is 0 Å². The van der Waals surface area contributed by atoms with Gasteiger partial charge in [0.15, 0.2) is 0 Å². The first-order chi connectivity index (χ1) is 8.26. The Hall–Kier alpha value is -0.820. The zero-order valence-electron chi connectivity index (χ0n) is 10.9. The van der Waals surface area contributed by atoms with Crippen molar-refractivity contribution >= 4 is 5.97 Å². The molecule has 0 N–H and O–H groups in total. The monoisotopic (exact) mass is 271 g/mol. The second kappa shape index (κ2) is 8.31. The summed E-state index contributed by atoms with van der Waals surface area (Å²) in [7, 11) is 0. The van der Waals surface area contributed by atoms with Gasteiger partial charge in [0.2, 0.25) is 0 Å². The van der Waals surface area contributed by atoms with E-state index in [-0.39, 0.29) is 38.3 Å². The minimum absolute atomic E-state index is 0.0314. The number of carbonyl (C=O) groups excluding carboxylic acids is 1. The molecule has 7 heteroatoms. The lowest BCUT2D eigenvalue weighted by atomic mass is 10.3. The van der Waals surface area contributed by atoms with Crippen LogP contribution in [0.3, 0.4) is 0 Å². The molecule has 0 heterocycles. The Labute approximate surface area is 105 Å². The molecule has 0 saturated carbocycles. The summed E-state index contributed by atoms with van der Waals surface area (Å²) in [5, 5.41) is 0. The van der Waals surface area contributed by atoms with Gasteiger partial charge in [0.1, 0.15) is 6.61 Å². The number of carbonyl (C=O) groups is 1. The van der Waals surface area contributed by atoms with Crippen molar-refractivity contribution in [2.24, 2.45) is 0 Å². The summed E-state index contributed by atoms with van der Waals surface area (Å²) in [5.41, 5.74) is 0. The summed E-state index contributed by atoms with van der Waals surface area (Å²) in [6.07, 6.45) is -4.32. The Morgan fingerprint density at radius 2 is 1.94 bits per heavy atom. The van der Waals surface area contributed by atoms with Crippen molar-refractivity contribution in [3.05, 3.63) is 0 Å². The molecule has 0 aromatic heterocycles. The molecule has 0 atom stereocenters. The van der Waals surface area contributed by atoms with Crippen molar-refractivity contribution in [2.75, 3.05) is 32.9 Å². The van der Waals surface area contributed by atoms with E-state index in [0.717, 1.165) is 0 Å². The molecule has 0 spiro atoms. The van der Waals surface area contributed by atoms with Gasteiger partial charge >= 0.3 is 12.1 Å². The highest BCUT2D eigenvalue weighted by molar-refractivity contribution is 5.71. The Balaban J connectivity index is 3.94. The Kier molecular flexibility index (Phi) is 7.93. The topological polar surface area (TPSA) is 38.8 Å². The van der Waals surface area contributed by atoms with E-state index in [1.54, 1.807) is 11.8 Å². The average Bonchev–Trinajstić information content (AvgIpc) is 2.21. The van der Waals surface area contributed by atoms with Gasteiger partial charge in [0.05, 0.1) is 19.8 Å². The minimum atomic E-state index is -4.32. The van der Waals surface area contributed by atoms with Gasteiger partial charge < -0.3 is 9.47 Å². The quantitative estimate of drug-likeness (QED) is 0.499. The Bertz CT molecular complexity index is 244. The standard InChI is InChI=1S/C11H20F3NO3/c1-4-18-10(16)7-15(9(2)3)5-6-17-8-11(12,13)14/h9H,4-8H2,1-3H3. The van der Waals surface area contributed by atoms with E-state index in [1.807, 2.05) is 13.8 Å². The summed E-state index contributed by atoms with van der Waals surface area (Å²) < 4.78 is 44.8. The molecule has 18 heavy (non-hydrogen) atoms. The number of esters is 1. The summed E-state index contributed by atoms with van der Waals surface area (Å²) >= 11 is 0. The van der Waals surface area contributed by atoms with Crippen LogP contribution in [0.2, 0.25) is 0 Å². The number of ether oxygens (including phenoxy) is 2. The molecule has 0 aliphatic rings. The first kappa shape index (κ1) is 17.2. The first-order valence-corrected chi connectivity index (χ1v) is 5.80. The van der Waals surface area contributed by atoms with Crippen LogP contribution in [0.4, 0.5) is 13.2 Å². The fourth-order valence-corrected chi connectivity index (χ4v) is 1.26. The maximum atomic E-state index is 11.8. The van der Waals surface area contributed by atoms with Crippen LogP contribution in [0.1, 0.15) is 20.8 Å². The third-order valence-electron chi connectivity index (χ3n) is 2.16. The highest BCUT2D eigenvalue weighted by Crippen LogP contribution is 2.14. The minimum Gasteiger partial charge on any atom is -0.465 e.